The van der Waals surface area contributed by atoms with Crippen molar-refractivity contribution >= 4 is 5.97 Å². The maximum atomic E-state index is 10.9. The van der Waals surface area contributed by atoms with Gasteiger partial charge in [0.2, 0.25) is 0 Å². The van der Waals surface area contributed by atoms with Gasteiger partial charge in [0.25, 0.3) is 0 Å². The number of carbonyl (C=O) groups is 1. The first-order chi connectivity index (χ1) is 7.74. The van der Waals surface area contributed by atoms with Gasteiger partial charge in [0.15, 0.2) is 0 Å². The monoisotopic (exact) mass is 217 g/mol. The number of carboxylic acid groups (broad SMARTS) is 1. The van der Waals surface area contributed by atoms with Gasteiger partial charge in [-0.3, -0.25) is 10.1 Å². The minimum absolute atomic E-state index is 0.283. The standard InChI is InChI=1S/C13H15NO2/c1-2-10-14-12(13(15)16)9-8-11-6-4-3-5-7-11/h1,3-7,12,14H,8-10H2,(H,15,16). The van der Waals surface area contributed by atoms with Crippen molar-refractivity contribution in [1.82, 2.24) is 5.32 Å². The molecule has 0 spiro atoms. The fraction of sp³-hybridized carbons (Fsp3) is 0.308. The van der Waals surface area contributed by atoms with E-state index >= 15 is 0 Å². The molecule has 1 unspecified atom stereocenters. The van der Waals surface area contributed by atoms with Crippen LogP contribution in [0.1, 0.15) is 12.0 Å². The molecule has 0 aliphatic carbocycles. The number of hydrogen-bond donors (Lipinski definition) is 2. The van der Waals surface area contributed by atoms with E-state index in [0.29, 0.717) is 6.42 Å². The van der Waals surface area contributed by atoms with Gasteiger partial charge in [-0.2, -0.15) is 0 Å². The maximum Gasteiger partial charge on any atom is 0.320 e. The van der Waals surface area contributed by atoms with E-state index in [1.165, 1.54) is 0 Å². The Bertz CT molecular complexity index is 367. The third kappa shape index (κ3) is 4.16. The van der Waals surface area contributed by atoms with Crippen LogP contribution in [0, 0.1) is 12.3 Å². The van der Waals surface area contributed by atoms with Crippen molar-refractivity contribution < 1.29 is 9.90 Å². The van der Waals surface area contributed by atoms with Crippen LogP contribution in [-0.2, 0) is 11.2 Å². The van der Waals surface area contributed by atoms with Crippen LogP contribution in [0.4, 0.5) is 0 Å². The highest BCUT2D eigenvalue weighted by Gasteiger charge is 2.15. The van der Waals surface area contributed by atoms with Crippen LogP contribution < -0.4 is 5.32 Å². The molecule has 16 heavy (non-hydrogen) atoms. The topological polar surface area (TPSA) is 49.3 Å². The summed E-state index contributed by atoms with van der Waals surface area (Å²) in [5.74, 6) is 1.52. The number of aryl methyl sites for hydroxylation is 1. The van der Waals surface area contributed by atoms with E-state index in [1.807, 2.05) is 30.3 Å². The Morgan fingerprint density at radius 1 is 1.44 bits per heavy atom. The SMILES string of the molecule is C#CCNC(CCc1ccccc1)C(=O)O. The highest BCUT2D eigenvalue weighted by Crippen LogP contribution is 2.05. The molecule has 0 saturated carbocycles. The largest absolute Gasteiger partial charge is 0.480 e. The second-order valence-electron chi connectivity index (χ2n) is 3.50. The summed E-state index contributed by atoms with van der Waals surface area (Å²) in [5.41, 5.74) is 1.14. The van der Waals surface area contributed by atoms with Gasteiger partial charge in [-0.25, -0.2) is 0 Å². The van der Waals surface area contributed by atoms with Crippen LogP contribution in [0.5, 0.6) is 0 Å². The van der Waals surface area contributed by atoms with Crippen molar-refractivity contribution in [2.45, 2.75) is 18.9 Å². The Hall–Kier alpha value is -1.79. The molecule has 0 aliphatic heterocycles. The first-order valence-electron chi connectivity index (χ1n) is 5.17. The average molecular weight is 217 g/mol. The van der Waals surface area contributed by atoms with Crippen molar-refractivity contribution in [3.63, 3.8) is 0 Å². The Morgan fingerprint density at radius 3 is 2.69 bits per heavy atom. The molecule has 1 aromatic carbocycles. The van der Waals surface area contributed by atoms with Gasteiger partial charge in [0.1, 0.15) is 6.04 Å². The zero-order chi connectivity index (χ0) is 11.8. The summed E-state index contributed by atoms with van der Waals surface area (Å²) < 4.78 is 0. The Morgan fingerprint density at radius 2 is 2.12 bits per heavy atom. The molecule has 0 saturated heterocycles. The van der Waals surface area contributed by atoms with Crippen LogP contribution in [0.25, 0.3) is 0 Å². The molecule has 0 radical (unpaired) electrons. The molecule has 0 aromatic heterocycles. The lowest BCUT2D eigenvalue weighted by Gasteiger charge is -2.12. The van der Waals surface area contributed by atoms with Crippen molar-refractivity contribution in [2.75, 3.05) is 6.54 Å². The van der Waals surface area contributed by atoms with Crippen LogP contribution >= 0.6 is 0 Å². The molecule has 0 bridgehead atoms. The van der Waals surface area contributed by atoms with E-state index in [-0.39, 0.29) is 6.54 Å². The average Bonchev–Trinajstić information content (AvgIpc) is 2.30. The van der Waals surface area contributed by atoms with Gasteiger partial charge in [0, 0.05) is 0 Å². The fourth-order valence-corrected chi connectivity index (χ4v) is 1.45. The van der Waals surface area contributed by atoms with Gasteiger partial charge in [-0.15, -0.1) is 6.42 Å². The molecule has 1 rings (SSSR count). The molecule has 2 N–H and O–H groups in total. The van der Waals surface area contributed by atoms with E-state index in [9.17, 15) is 4.79 Å². The smallest absolute Gasteiger partial charge is 0.320 e. The van der Waals surface area contributed by atoms with E-state index in [4.69, 9.17) is 11.5 Å². The summed E-state index contributed by atoms with van der Waals surface area (Å²) in [4.78, 5) is 10.9. The van der Waals surface area contributed by atoms with Crippen LogP contribution in [-0.4, -0.2) is 23.7 Å². The van der Waals surface area contributed by atoms with Gasteiger partial charge in [0.05, 0.1) is 6.54 Å². The second-order valence-corrected chi connectivity index (χ2v) is 3.50. The van der Waals surface area contributed by atoms with E-state index in [2.05, 4.69) is 11.2 Å². The zero-order valence-electron chi connectivity index (χ0n) is 9.02. The summed E-state index contributed by atoms with van der Waals surface area (Å²) in [6.45, 7) is 0.283. The maximum absolute atomic E-state index is 10.9. The molecule has 1 aromatic rings. The van der Waals surface area contributed by atoms with Crippen LogP contribution in [0.3, 0.4) is 0 Å². The molecular formula is C13H15NO2. The van der Waals surface area contributed by atoms with E-state index in [1.54, 1.807) is 0 Å². The number of benzene rings is 1. The number of terminal acetylenes is 1. The minimum atomic E-state index is -0.855. The van der Waals surface area contributed by atoms with Gasteiger partial charge in [-0.1, -0.05) is 36.3 Å². The third-order valence-corrected chi connectivity index (χ3v) is 2.31. The summed E-state index contributed by atoms with van der Waals surface area (Å²) in [6, 6.07) is 9.23. The lowest BCUT2D eigenvalue weighted by Crippen LogP contribution is -2.37. The highest BCUT2D eigenvalue weighted by molar-refractivity contribution is 5.73. The molecule has 0 amide bonds. The van der Waals surface area contributed by atoms with Gasteiger partial charge in [-0.05, 0) is 18.4 Å². The number of carboxylic acids is 1. The first kappa shape index (κ1) is 12.3. The first-order valence-corrected chi connectivity index (χ1v) is 5.17. The zero-order valence-corrected chi connectivity index (χ0v) is 9.02. The summed E-state index contributed by atoms with van der Waals surface area (Å²) in [7, 11) is 0. The molecule has 84 valence electrons. The second kappa shape index (κ2) is 6.65. The molecular weight excluding hydrogens is 202 g/mol. The Labute approximate surface area is 95.5 Å². The molecule has 1 atom stereocenters. The van der Waals surface area contributed by atoms with Gasteiger partial charge >= 0.3 is 5.97 Å². The van der Waals surface area contributed by atoms with Crippen molar-refractivity contribution in [3.8, 4) is 12.3 Å². The molecule has 0 aliphatic rings. The third-order valence-electron chi connectivity index (χ3n) is 2.31. The highest BCUT2D eigenvalue weighted by atomic mass is 16.4. The van der Waals surface area contributed by atoms with E-state index in [0.717, 1.165) is 12.0 Å². The van der Waals surface area contributed by atoms with Crippen molar-refractivity contribution in [3.05, 3.63) is 35.9 Å². The summed E-state index contributed by atoms with van der Waals surface area (Å²) in [5, 5.41) is 11.8. The van der Waals surface area contributed by atoms with Crippen LogP contribution in [0.15, 0.2) is 30.3 Å². The normalized spacial score (nSPS) is 11.7. The Kier molecular flexibility index (Phi) is 5.10. The predicted molar refractivity (Wildman–Crippen MR) is 63.0 cm³/mol. The Balaban J connectivity index is 2.44. The minimum Gasteiger partial charge on any atom is -0.480 e. The quantitative estimate of drug-likeness (QED) is 0.706. The summed E-state index contributed by atoms with van der Waals surface area (Å²) >= 11 is 0. The van der Waals surface area contributed by atoms with Crippen molar-refractivity contribution in [1.29, 1.82) is 0 Å². The molecule has 3 nitrogen and oxygen atoms in total. The fourth-order valence-electron chi connectivity index (χ4n) is 1.45. The van der Waals surface area contributed by atoms with Gasteiger partial charge < -0.3 is 5.11 Å². The summed E-state index contributed by atoms with van der Waals surface area (Å²) in [6.07, 6.45) is 6.35. The number of rotatable bonds is 6. The molecule has 0 fully saturated rings. The number of hydrogen-bond acceptors (Lipinski definition) is 2. The molecule has 0 heterocycles. The van der Waals surface area contributed by atoms with E-state index < -0.39 is 12.0 Å². The predicted octanol–water partition coefficient (Wildman–Crippen LogP) is 1.30. The lowest BCUT2D eigenvalue weighted by atomic mass is 10.1. The lowest BCUT2D eigenvalue weighted by molar-refractivity contribution is -0.139. The van der Waals surface area contributed by atoms with Crippen molar-refractivity contribution in [2.24, 2.45) is 0 Å². The van der Waals surface area contributed by atoms with Crippen LogP contribution in [0.2, 0.25) is 0 Å². The molecule has 3 heteroatoms. The number of nitrogens with one attached hydrogen (secondary N) is 1. The number of aliphatic carboxylic acids is 1.